The second-order valence-corrected chi connectivity index (χ2v) is 5.39. The fraction of sp³-hybridized carbons (Fsp3) is 0.733. The lowest BCUT2D eigenvalue weighted by Crippen LogP contribution is -2.48. The van der Waals surface area contributed by atoms with Crippen LogP contribution in [0.3, 0.4) is 0 Å². The highest BCUT2D eigenvalue weighted by Gasteiger charge is 2.30. The molecular formula is C15H25NO3. The molecule has 1 aliphatic heterocycles. The summed E-state index contributed by atoms with van der Waals surface area (Å²) in [7, 11) is 0. The number of piperidine rings is 1. The van der Waals surface area contributed by atoms with Crippen molar-refractivity contribution in [2.24, 2.45) is 0 Å². The number of likely N-dealkylation sites (tertiary alicyclic amines) is 1. The molecule has 1 heterocycles. The van der Waals surface area contributed by atoms with Gasteiger partial charge in [-0.3, -0.25) is 4.79 Å². The molecule has 1 fully saturated rings. The van der Waals surface area contributed by atoms with Crippen LogP contribution < -0.4 is 0 Å². The number of amides is 1. The largest absolute Gasteiger partial charge is 0.449 e. The molecule has 0 aromatic rings. The number of esters is 1. The van der Waals surface area contributed by atoms with Gasteiger partial charge in [0.15, 0.2) is 6.10 Å². The van der Waals surface area contributed by atoms with Gasteiger partial charge in [-0.25, -0.2) is 4.79 Å². The molecule has 0 unspecified atom stereocenters. The Bertz CT molecular complexity index is 358. The van der Waals surface area contributed by atoms with Gasteiger partial charge in [-0.2, -0.15) is 0 Å². The Hall–Kier alpha value is -1.32. The monoisotopic (exact) mass is 267 g/mol. The SMILES string of the molecule is CC[C@H]1CCCCN1C(=O)[C@H](C)OC(=O)C=C(C)C. The average Bonchev–Trinajstić information content (AvgIpc) is 2.36. The van der Waals surface area contributed by atoms with E-state index in [1.165, 1.54) is 12.5 Å². The smallest absolute Gasteiger partial charge is 0.331 e. The first kappa shape index (κ1) is 15.7. The summed E-state index contributed by atoms with van der Waals surface area (Å²) in [5.41, 5.74) is 0.869. The summed E-state index contributed by atoms with van der Waals surface area (Å²) in [4.78, 5) is 25.7. The third-order valence-corrected chi connectivity index (χ3v) is 3.43. The number of nitrogens with zero attached hydrogens (tertiary/aromatic N) is 1. The molecule has 1 amide bonds. The van der Waals surface area contributed by atoms with Gasteiger partial charge in [0, 0.05) is 18.7 Å². The number of hydrogen-bond donors (Lipinski definition) is 0. The molecule has 0 spiro atoms. The lowest BCUT2D eigenvalue weighted by Gasteiger charge is -2.36. The first-order valence-electron chi connectivity index (χ1n) is 7.11. The fourth-order valence-electron chi connectivity index (χ4n) is 2.44. The highest BCUT2D eigenvalue weighted by atomic mass is 16.5. The fourth-order valence-corrected chi connectivity index (χ4v) is 2.44. The predicted octanol–water partition coefficient (Wildman–Crippen LogP) is 2.68. The molecule has 0 aromatic heterocycles. The van der Waals surface area contributed by atoms with Crippen molar-refractivity contribution in [1.29, 1.82) is 0 Å². The number of carbonyl (C=O) groups excluding carboxylic acids is 2. The van der Waals surface area contributed by atoms with E-state index in [0.29, 0.717) is 6.04 Å². The van der Waals surface area contributed by atoms with E-state index in [1.807, 2.05) is 18.7 Å². The highest BCUT2D eigenvalue weighted by molar-refractivity contribution is 5.87. The second-order valence-electron chi connectivity index (χ2n) is 5.39. The van der Waals surface area contributed by atoms with E-state index in [4.69, 9.17) is 4.74 Å². The van der Waals surface area contributed by atoms with Crippen LogP contribution in [-0.4, -0.2) is 35.5 Å². The Morgan fingerprint density at radius 2 is 2.05 bits per heavy atom. The topological polar surface area (TPSA) is 46.6 Å². The van der Waals surface area contributed by atoms with Crippen LogP contribution in [0.1, 0.15) is 53.4 Å². The van der Waals surface area contributed by atoms with Crippen molar-refractivity contribution in [3.63, 3.8) is 0 Å². The highest BCUT2D eigenvalue weighted by Crippen LogP contribution is 2.20. The molecule has 0 bridgehead atoms. The summed E-state index contributed by atoms with van der Waals surface area (Å²) in [6.45, 7) is 8.18. The van der Waals surface area contributed by atoms with Crippen LogP contribution in [-0.2, 0) is 14.3 Å². The molecule has 4 heteroatoms. The standard InChI is InChI=1S/C15H25NO3/c1-5-13-8-6-7-9-16(13)15(18)12(4)19-14(17)10-11(2)3/h10,12-13H,5-9H2,1-4H3/t12-,13-/m0/s1. The van der Waals surface area contributed by atoms with Crippen molar-refractivity contribution in [3.05, 3.63) is 11.6 Å². The van der Waals surface area contributed by atoms with Gasteiger partial charge in [-0.1, -0.05) is 12.5 Å². The first-order valence-corrected chi connectivity index (χ1v) is 7.11. The van der Waals surface area contributed by atoms with Crippen molar-refractivity contribution >= 4 is 11.9 Å². The van der Waals surface area contributed by atoms with Crippen molar-refractivity contribution in [2.75, 3.05) is 6.54 Å². The lowest BCUT2D eigenvalue weighted by atomic mass is 9.99. The minimum absolute atomic E-state index is 0.0675. The van der Waals surface area contributed by atoms with E-state index in [0.717, 1.165) is 31.4 Å². The van der Waals surface area contributed by atoms with Crippen LogP contribution in [0.2, 0.25) is 0 Å². The summed E-state index contributed by atoms with van der Waals surface area (Å²) in [5.74, 6) is -0.507. The first-order chi connectivity index (χ1) is 8.95. The molecule has 19 heavy (non-hydrogen) atoms. The maximum Gasteiger partial charge on any atom is 0.331 e. The van der Waals surface area contributed by atoms with Crippen LogP contribution in [0.5, 0.6) is 0 Å². The van der Waals surface area contributed by atoms with E-state index in [2.05, 4.69) is 6.92 Å². The summed E-state index contributed by atoms with van der Waals surface area (Å²) in [6, 6.07) is 0.297. The number of hydrogen-bond acceptors (Lipinski definition) is 3. The normalized spacial score (nSPS) is 20.6. The zero-order valence-corrected chi connectivity index (χ0v) is 12.4. The maximum absolute atomic E-state index is 12.3. The molecule has 1 rings (SSSR count). The minimum atomic E-state index is -0.699. The number of carbonyl (C=O) groups is 2. The van der Waals surface area contributed by atoms with Gasteiger partial charge in [0.1, 0.15) is 0 Å². The molecule has 0 aliphatic carbocycles. The molecule has 0 N–H and O–H groups in total. The summed E-state index contributed by atoms with van der Waals surface area (Å²) in [5, 5.41) is 0. The van der Waals surface area contributed by atoms with Crippen LogP contribution in [0.25, 0.3) is 0 Å². The van der Waals surface area contributed by atoms with E-state index in [1.54, 1.807) is 6.92 Å². The molecule has 1 saturated heterocycles. The van der Waals surface area contributed by atoms with E-state index in [-0.39, 0.29) is 5.91 Å². The van der Waals surface area contributed by atoms with Crippen LogP contribution in [0.4, 0.5) is 0 Å². The number of allylic oxidation sites excluding steroid dienone is 1. The number of ether oxygens (including phenoxy) is 1. The maximum atomic E-state index is 12.3. The third-order valence-electron chi connectivity index (χ3n) is 3.43. The number of rotatable bonds is 4. The van der Waals surface area contributed by atoms with Gasteiger partial charge in [0.2, 0.25) is 0 Å². The van der Waals surface area contributed by atoms with Gasteiger partial charge in [0.05, 0.1) is 0 Å². The van der Waals surface area contributed by atoms with Gasteiger partial charge in [0.25, 0.3) is 5.91 Å². The van der Waals surface area contributed by atoms with Gasteiger partial charge >= 0.3 is 5.97 Å². The Kier molecular flexibility index (Phi) is 6.06. The summed E-state index contributed by atoms with van der Waals surface area (Å²) >= 11 is 0. The van der Waals surface area contributed by atoms with Crippen LogP contribution in [0.15, 0.2) is 11.6 Å². The summed E-state index contributed by atoms with van der Waals surface area (Å²) in [6.07, 6.45) is 4.94. The zero-order valence-electron chi connectivity index (χ0n) is 12.4. The zero-order chi connectivity index (χ0) is 14.4. The molecular weight excluding hydrogens is 242 g/mol. The molecule has 1 aliphatic rings. The Labute approximate surface area is 115 Å². The van der Waals surface area contributed by atoms with Crippen molar-refractivity contribution in [1.82, 2.24) is 4.90 Å². The summed E-state index contributed by atoms with van der Waals surface area (Å²) < 4.78 is 5.16. The Morgan fingerprint density at radius 1 is 1.37 bits per heavy atom. The third kappa shape index (κ3) is 4.69. The molecule has 4 nitrogen and oxygen atoms in total. The van der Waals surface area contributed by atoms with E-state index in [9.17, 15) is 9.59 Å². The predicted molar refractivity (Wildman–Crippen MR) is 74.6 cm³/mol. The molecule has 108 valence electrons. The van der Waals surface area contributed by atoms with Crippen LogP contribution in [0, 0.1) is 0 Å². The quantitative estimate of drug-likeness (QED) is 0.581. The van der Waals surface area contributed by atoms with Crippen molar-refractivity contribution < 1.29 is 14.3 Å². The van der Waals surface area contributed by atoms with E-state index >= 15 is 0 Å². The van der Waals surface area contributed by atoms with Gasteiger partial charge in [-0.05, 0) is 46.5 Å². The molecule has 2 atom stereocenters. The van der Waals surface area contributed by atoms with Gasteiger partial charge in [-0.15, -0.1) is 0 Å². The molecule has 0 aromatic carbocycles. The average molecular weight is 267 g/mol. The van der Waals surface area contributed by atoms with E-state index < -0.39 is 12.1 Å². The molecule has 0 saturated carbocycles. The van der Waals surface area contributed by atoms with Gasteiger partial charge < -0.3 is 9.64 Å². The minimum Gasteiger partial charge on any atom is -0.449 e. The Balaban J connectivity index is 2.60. The van der Waals surface area contributed by atoms with Crippen molar-refractivity contribution in [2.45, 2.75) is 65.5 Å². The second kappa shape index (κ2) is 7.31. The molecule has 0 radical (unpaired) electrons. The van der Waals surface area contributed by atoms with Crippen molar-refractivity contribution in [3.8, 4) is 0 Å². The van der Waals surface area contributed by atoms with Crippen LogP contribution >= 0.6 is 0 Å². The lowest BCUT2D eigenvalue weighted by molar-refractivity contribution is -0.157. The Morgan fingerprint density at radius 3 is 2.63 bits per heavy atom.